The Morgan fingerprint density at radius 2 is 1.77 bits per heavy atom. The monoisotopic (exact) mass is 312 g/mol. The van der Waals surface area contributed by atoms with Crippen molar-refractivity contribution in [2.75, 3.05) is 25.3 Å². The lowest BCUT2D eigenvalue weighted by molar-refractivity contribution is 0.631. The first-order chi connectivity index (χ1) is 10.6. The van der Waals surface area contributed by atoms with Crippen LogP contribution in [-0.4, -0.2) is 25.3 Å². The lowest BCUT2D eigenvalue weighted by Crippen LogP contribution is -2.08. The molecule has 0 aliphatic rings. The predicted molar refractivity (Wildman–Crippen MR) is 93.2 cm³/mol. The molecule has 0 saturated heterocycles. The second-order valence-corrected chi connectivity index (χ2v) is 6.09. The maximum absolute atomic E-state index is 14.1. The highest BCUT2D eigenvalue weighted by Crippen LogP contribution is 2.34. The second-order valence-electron chi connectivity index (χ2n) is 5.30. The van der Waals surface area contributed by atoms with Crippen molar-refractivity contribution >= 4 is 28.4 Å². The van der Waals surface area contributed by atoms with Crippen molar-refractivity contribution in [1.82, 2.24) is 4.98 Å². The summed E-state index contributed by atoms with van der Waals surface area (Å²) < 4.78 is 14.1. The number of benzene rings is 2. The molecule has 112 valence electrons. The zero-order chi connectivity index (χ0) is 15.7. The van der Waals surface area contributed by atoms with Crippen LogP contribution in [-0.2, 0) is 0 Å². The molecular weight excluding hydrogens is 295 g/mol. The zero-order valence-electron chi connectivity index (χ0n) is 12.8. The maximum Gasteiger partial charge on any atom is 0.131 e. The maximum atomic E-state index is 14.1. The number of pyridine rings is 1. The van der Waals surface area contributed by atoms with Crippen molar-refractivity contribution < 1.29 is 4.39 Å². The third-order valence-corrected chi connectivity index (χ3v) is 4.34. The van der Waals surface area contributed by atoms with Gasteiger partial charge in [0, 0.05) is 36.3 Å². The highest BCUT2D eigenvalue weighted by atomic mass is 32.2. The fourth-order valence-corrected chi connectivity index (χ4v) is 3.02. The van der Waals surface area contributed by atoms with Crippen LogP contribution >= 0.6 is 11.8 Å². The molecule has 1 heterocycles. The summed E-state index contributed by atoms with van der Waals surface area (Å²) >= 11 is 1.54. The molecule has 0 fully saturated rings. The Bertz CT molecular complexity index is 830. The van der Waals surface area contributed by atoms with Gasteiger partial charge in [0.25, 0.3) is 0 Å². The Balaban J connectivity index is 2.24. The summed E-state index contributed by atoms with van der Waals surface area (Å²) in [4.78, 5) is 6.77. The average molecular weight is 312 g/mol. The Morgan fingerprint density at radius 1 is 1.00 bits per heavy atom. The van der Waals surface area contributed by atoms with E-state index < -0.39 is 0 Å². The van der Waals surface area contributed by atoms with E-state index in [0.29, 0.717) is 5.56 Å². The van der Waals surface area contributed by atoms with Crippen LogP contribution in [0.15, 0.2) is 53.6 Å². The van der Waals surface area contributed by atoms with Gasteiger partial charge >= 0.3 is 0 Å². The van der Waals surface area contributed by atoms with E-state index in [0.717, 1.165) is 27.2 Å². The van der Waals surface area contributed by atoms with E-state index >= 15 is 0 Å². The topological polar surface area (TPSA) is 16.1 Å². The van der Waals surface area contributed by atoms with Gasteiger partial charge in [0.15, 0.2) is 0 Å². The second kappa shape index (κ2) is 5.97. The number of halogens is 1. The molecule has 0 aliphatic carbocycles. The molecule has 0 unspecified atom stereocenters. The van der Waals surface area contributed by atoms with Gasteiger partial charge in [-0.2, -0.15) is 0 Å². The molecule has 3 aromatic rings. The van der Waals surface area contributed by atoms with Gasteiger partial charge in [0.1, 0.15) is 10.8 Å². The van der Waals surface area contributed by atoms with Crippen molar-refractivity contribution in [3.8, 4) is 11.1 Å². The Hall–Kier alpha value is -2.07. The van der Waals surface area contributed by atoms with Gasteiger partial charge in [-0.15, -0.1) is 11.8 Å². The number of anilines is 1. The molecule has 0 N–H and O–H groups in total. The summed E-state index contributed by atoms with van der Waals surface area (Å²) in [5, 5.41) is 1.86. The standard InChI is InChI=1S/C18H17FN2S/c1-21(2)13-9-8-12-10-15(14-6-4-5-7-16(14)19)18(22-3)20-17(12)11-13/h4-11H,1-3H3. The van der Waals surface area contributed by atoms with Gasteiger partial charge in [-0.05, 0) is 30.5 Å². The number of hydrogen-bond donors (Lipinski definition) is 0. The van der Waals surface area contributed by atoms with Crippen molar-refractivity contribution in [3.63, 3.8) is 0 Å². The third-order valence-electron chi connectivity index (χ3n) is 3.64. The fraction of sp³-hybridized carbons (Fsp3) is 0.167. The highest BCUT2D eigenvalue weighted by molar-refractivity contribution is 7.98. The van der Waals surface area contributed by atoms with Crippen LogP contribution in [0.25, 0.3) is 22.0 Å². The molecule has 22 heavy (non-hydrogen) atoms. The molecule has 0 saturated carbocycles. The molecule has 2 nitrogen and oxygen atoms in total. The van der Waals surface area contributed by atoms with Crippen molar-refractivity contribution in [2.45, 2.75) is 5.03 Å². The highest BCUT2D eigenvalue weighted by Gasteiger charge is 2.12. The number of hydrogen-bond acceptors (Lipinski definition) is 3. The van der Waals surface area contributed by atoms with Crippen LogP contribution in [0.4, 0.5) is 10.1 Å². The van der Waals surface area contributed by atoms with E-state index in [1.807, 2.05) is 49.5 Å². The molecule has 4 heteroatoms. The number of fused-ring (bicyclic) bond motifs is 1. The third kappa shape index (κ3) is 2.66. The largest absolute Gasteiger partial charge is 0.378 e. The number of thioether (sulfide) groups is 1. The smallest absolute Gasteiger partial charge is 0.131 e. The summed E-state index contributed by atoms with van der Waals surface area (Å²) in [7, 11) is 4.01. The van der Waals surface area contributed by atoms with Crippen molar-refractivity contribution in [1.29, 1.82) is 0 Å². The Kier molecular flexibility index (Phi) is 4.03. The molecule has 1 aromatic heterocycles. The minimum Gasteiger partial charge on any atom is -0.378 e. The van der Waals surface area contributed by atoms with E-state index in [9.17, 15) is 4.39 Å². The summed E-state index contributed by atoms with van der Waals surface area (Å²) in [6.45, 7) is 0. The zero-order valence-corrected chi connectivity index (χ0v) is 13.6. The molecular formula is C18H17FN2S. The van der Waals surface area contributed by atoms with Crippen molar-refractivity contribution in [3.05, 3.63) is 54.3 Å². The van der Waals surface area contributed by atoms with Crippen LogP contribution < -0.4 is 4.90 Å². The molecule has 0 spiro atoms. The number of aromatic nitrogens is 1. The SMILES string of the molecule is CSc1nc2cc(N(C)C)ccc2cc1-c1ccccc1F. The molecule has 0 atom stereocenters. The van der Waals surface area contributed by atoms with Gasteiger partial charge in [-0.1, -0.05) is 24.3 Å². The Labute approximate surface area is 134 Å². The van der Waals surface area contributed by atoms with E-state index in [2.05, 4.69) is 6.07 Å². The van der Waals surface area contributed by atoms with Crippen LogP contribution in [0, 0.1) is 5.82 Å². The first-order valence-electron chi connectivity index (χ1n) is 7.01. The molecule has 0 radical (unpaired) electrons. The van der Waals surface area contributed by atoms with E-state index in [1.165, 1.54) is 17.8 Å². The normalized spacial score (nSPS) is 10.9. The Morgan fingerprint density at radius 3 is 2.45 bits per heavy atom. The van der Waals surface area contributed by atoms with Gasteiger partial charge in [0.2, 0.25) is 0 Å². The van der Waals surface area contributed by atoms with Gasteiger partial charge in [0.05, 0.1) is 5.52 Å². The summed E-state index contributed by atoms with van der Waals surface area (Å²) in [5.41, 5.74) is 3.47. The predicted octanol–water partition coefficient (Wildman–Crippen LogP) is 4.83. The lowest BCUT2D eigenvalue weighted by Gasteiger charge is -2.14. The molecule has 0 bridgehead atoms. The van der Waals surface area contributed by atoms with E-state index in [4.69, 9.17) is 4.98 Å². The molecule has 0 aliphatic heterocycles. The summed E-state index contributed by atoms with van der Waals surface area (Å²) in [6.07, 6.45) is 1.97. The lowest BCUT2D eigenvalue weighted by atomic mass is 10.0. The van der Waals surface area contributed by atoms with Gasteiger partial charge in [-0.25, -0.2) is 9.37 Å². The first-order valence-corrected chi connectivity index (χ1v) is 8.23. The van der Waals surface area contributed by atoms with Crippen LogP contribution in [0.1, 0.15) is 0 Å². The van der Waals surface area contributed by atoms with Crippen LogP contribution in [0.5, 0.6) is 0 Å². The van der Waals surface area contributed by atoms with E-state index in [1.54, 1.807) is 12.1 Å². The van der Waals surface area contributed by atoms with Gasteiger partial charge < -0.3 is 4.90 Å². The number of nitrogens with zero attached hydrogens (tertiary/aromatic N) is 2. The summed E-state index contributed by atoms with van der Waals surface area (Å²) in [5.74, 6) is -0.219. The fourth-order valence-electron chi connectivity index (χ4n) is 2.44. The molecule has 2 aromatic carbocycles. The average Bonchev–Trinajstić information content (AvgIpc) is 2.53. The first kappa shape index (κ1) is 14.9. The van der Waals surface area contributed by atoms with E-state index in [-0.39, 0.29) is 5.82 Å². The van der Waals surface area contributed by atoms with Crippen LogP contribution in [0.2, 0.25) is 0 Å². The molecule has 0 amide bonds. The van der Waals surface area contributed by atoms with Crippen molar-refractivity contribution in [2.24, 2.45) is 0 Å². The van der Waals surface area contributed by atoms with Gasteiger partial charge in [-0.3, -0.25) is 0 Å². The molecule has 3 rings (SSSR count). The van der Waals surface area contributed by atoms with Crippen LogP contribution in [0.3, 0.4) is 0 Å². The minimum atomic E-state index is -0.219. The summed E-state index contributed by atoms with van der Waals surface area (Å²) in [6, 6.07) is 15.0. The number of rotatable bonds is 3. The minimum absolute atomic E-state index is 0.219. The quantitative estimate of drug-likeness (QED) is 0.645.